The monoisotopic (exact) mass is 208 g/mol. The second kappa shape index (κ2) is 3.89. The van der Waals surface area contributed by atoms with Crippen molar-refractivity contribution >= 4 is 17.3 Å². The fourth-order valence-electron chi connectivity index (χ4n) is 1.30. The molecule has 0 bridgehead atoms. The van der Waals surface area contributed by atoms with Gasteiger partial charge in [0.25, 0.3) is 0 Å². The van der Waals surface area contributed by atoms with Gasteiger partial charge in [-0.2, -0.15) is 5.26 Å². The molecular formula is C11H13ClN2. The predicted octanol–water partition coefficient (Wildman–Crippen LogP) is 3.11. The van der Waals surface area contributed by atoms with E-state index in [0.29, 0.717) is 17.1 Å². The number of nitriles is 1. The van der Waals surface area contributed by atoms with Crippen LogP contribution >= 0.6 is 11.6 Å². The summed E-state index contributed by atoms with van der Waals surface area (Å²) < 4.78 is 0. The zero-order valence-electron chi connectivity index (χ0n) is 8.34. The third-order valence-corrected chi connectivity index (χ3v) is 2.87. The van der Waals surface area contributed by atoms with E-state index in [2.05, 4.69) is 6.07 Å². The first-order valence-corrected chi connectivity index (χ1v) is 4.88. The minimum absolute atomic E-state index is 0.549. The zero-order chi connectivity index (χ0) is 10.8. The lowest BCUT2D eigenvalue weighted by molar-refractivity contribution is 0.588. The van der Waals surface area contributed by atoms with E-state index in [9.17, 15) is 0 Å². The van der Waals surface area contributed by atoms with E-state index in [-0.39, 0.29) is 0 Å². The largest absolute Gasteiger partial charge is 0.399 e. The van der Waals surface area contributed by atoms with Crippen LogP contribution in [0.15, 0.2) is 18.2 Å². The van der Waals surface area contributed by atoms with Crippen molar-refractivity contribution < 1.29 is 0 Å². The second-order valence-electron chi connectivity index (χ2n) is 3.54. The molecule has 0 aliphatic carbocycles. The van der Waals surface area contributed by atoms with Crippen LogP contribution in [-0.4, -0.2) is 0 Å². The molecule has 1 unspecified atom stereocenters. The van der Waals surface area contributed by atoms with Gasteiger partial charge in [-0.1, -0.05) is 18.5 Å². The standard InChI is InChI=1S/C11H13ClN2/c1-3-11(2,7-13)9-6-8(14)4-5-10(9)12/h4-6H,3,14H2,1-2H3. The summed E-state index contributed by atoms with van der Waals surface area (Å²) in [5.41, 5.74) is 6.56. The average Bonchev–Trinajstić information content (AvgIpc) is 2.20. The number of hydrogen-bond donors (Lipinski definition) is 1. The Morgan fingerprint density at radius 3 is 2.71 bits per heavy atom. The summed E-state index contributed by atoms with van der Waals surface area (Å²) in [6.07, 6.45) is 0.715. The average molecular weight is 209 g/mol. The van der Waals surface area contributed by atoms with Gasteiger partial charge >= 0.3 is 0 Å². The fraction of sp³-hybridized carbons (Fsp3) is 0.364. The lowest BCUT2D eigenvalue weighted by Crippen LogP contribution is -2.18. The highest BCUT2D eigenvalue weighted by Crippen LogP contribution is 2.33. The van der Waals surface area contributed by atoms with Gasteiger partial charge in [0.1, 0.15) is 0 Å². The molecule has 0 heterocycles. The summed E-state index contributed by atoms with van der Waals surface area (Å²) in [5, 5.41) is 9.71. The quantitative estimate of drug-likeness (QED) is 0.760. The number of rotatable bonds is 2. The molecule has 1 atom stereocenters. The molecule has 2 nitrogen and oxygen atoms in total. The van der Waals surface area contributed by atoms with Crippen molar-refractivity contribution in [2.45, 2.75) is 25.7 Å². The third kappa shape index (κ3) is 1.83. The number of nitrogen functional groups attached to an aromatic ring is 1. The molecule has 0 aliphatic rings. The van der Waals surface area contributed by atoms with E-state index in [1.165, 1.54) is 0 Å². The van der Waals surface area contributed by atoms with E-state index in [1.807, 2.05) is 13.8 Å². The van der Waals surface area contributed by atoms with Crippen molar-refractivity contribution in [3.63, 3.8) is 0 Å². The number of hydrogen-bond acceptors (Lipinski definition) is 2. The van der Waals surface area contributed by atoms with Gasteiger partial charge in [-0.25, -0.2) is 0 Å². The van der Waals surface area contributed by atoms with Crippen LogP contribution < -0.4 is 5.73 Å². The summed E-state index contributed by atoms with van der Waals surface area (Å²) in [4.78, 5) is 0. The normalized spacial score (nSPS) is 14.4. The molecule has 0 saturated heterocycles. The minimum atomic E-state index is -0.549. The van der Waals surface area contributed by atoms with Crippen LogP contribution in [0, 0.1) is 11.3 Å². The highest BCUT2D eigenvalue weighted by Gasteiger charge is 2.26. The first-order valence-electron chi connectivity index (χ1n) is 4.50. The molecule has 0 aliphatic heterocycles. The Kier molecular flexibility index (Phi) is 3.03. The maximum Gasteiger partial charge on any atom is 0.0806 e. The zero-order valence-corrected chi connectivity index (χ0v) is 9.10. The predicted molar refractivity (Wildman–Crippen MR) is 59.1 cm³/mol. The summed E-state index contributed by atoms with van der Waals surface area (Å²) in [6.45, 7) is 3.83. The molecular weight excluding hydrogens is 196 g/mol. The van der Waals surface area contributed by atoms with Gasteiger partial charge in [-0.05, 0) is 37.1 Å². The van der Waals surface area contributed by atoms with Crippen LogP contribution in [0.4, 0.5) is 5.69 Å². The fourth-order valence-corrected chi connectivity index (χ4v) is 1.62. The molecule has 3 heteroatoms. The van der Waals surface area contributed by atoms with Crippen LogP contribution in [0.25, 0.3) is 0 Å². The lowest BCUT2D eigenvalue weighted by Gasteiger charge is -2.21. The molecule has 1 aromatic rings. The highest BCUT2D eigenvalue weighted by atomic mass is 35.5. The van der Waals surface area contributed by atoms with Crippen molar-refractivity contribution in [1.29, 1.82) is 5.26 Å². The minimum Gasteiger partial charge on any atom is -0.399 e. The van der Waals surface area contributed by atoms with Crippen LogP contribution in [-0.2, 0) is 5.41 Å². The van der Waals surface area contributed by atoms with Crippen molar-refractivity contribution in [3.05, 3.63) is 28.8 Å². The van der Waals surface area contributed by atoms with Gasteiger partial charge in [-0.15, -0.1) is 0 Å². The summed E-state index contributed by atoms with van der Waals surface area (Å²) in [6, 6.07) is 7.51. The Morgan fingerprint density at radius 1 is 1.57 bits per heavy atom. The van der Waals surface area contributed by atoms with Gasteiger partial charge in [0.15, 0.2) is 0 Å². The molecule has 14 heavy (non-hydrogen) atoms. The molecule has 0 spiro atoms. The summed E-state index contributed by atoms with van der Waals surface area (Å²) in [7, 11) is 0. The van der Waals surface area contributed by atoms with Crippen molar-refractivity contribution in [1.82, 2.24) is 0 Å². The Labute approximate surface area is 89.3 Å². The Hall–Kier alpha value is -1.20. The van der Waals surface area contributed by atoms with Crippen LogP contribution in [0.1, 0.15) is 25.8 Å². The van der Waals surface area contributed by atoms with E-state index < -0.39 is 5.41 Å². The molecule has 0 fully saturated rings. The van der Waals surface area contributed by atoms with E-state index in [1.54, 1.807) is 18.2 Å². The third-order valence-electron chi connectivity index (χ3n) is 2.54. The SMILES string of the molecule is CCC(C)(C#N)c1cc(N)ccc1Cl. The molecule has 0 radical (unpaired) electrons. The Bertz CT molecular complexity index is 381. The van der Waals surface area contributed by atoms with Gasteiger partial charge in [-0.3, -0.25) is 0 Å². The topological polar surface area (TPSA) is 49.8 Å². The summed E-state index contributed by atoms with van der Waals surface area (Å²) in [5.74, 6) is 0. The Morgan fingerprint density at radius 2 is 2.21 bits per heavy atom. The molecule has 0 saturated carbocycles. The van der Waals surface area contributed by atoms with Crippen molar-refractivity contribution in [3.8, 4) is 6.07 Å². The molecule has 2 N–H and O–H groups in total. The smallest absolute Gasteiger partial charge is 0.0806 e. The second-order valence-corrected chi connectivity index (χ2v) is 3.94. The summed E-state index contributed by atoms with van der Waals surface area (Å²) >= 11 is 6.03. The van der Waals surface area contributed by atoms with E-state index >= 15 is 0 Å². The highest BCUT2D eigenvalue weighted by molar-refractivity contribution is 6.31. The molecule has 0 aromatic heterocycles. The lowest BCUT2D eigenvalue weighted by atomic mass is 9.81. The van der Waals surface area contributed by atoms with Gasteiger partial charge in [0.2, 0.25) is 0 Å². The number of benzene rings is 1. The van der Waals surface area contributed by atoms with Crippen LogP contribution in [0.2, 0.25) is 5.02 Å². The van der Waals surface area contributed by atoms with Crippen molar-refractivity contribution in [2.24, 2.45) is 0 Å². The maximum atomic E-state index is 9.10. The Balaban J connectivity index is 3.31. The van der Waals surface area contributed by atoms with Gasteiger partial charge < -0.3 is 5.73 Å². The first-order chi connectivity index (χ1) is 6.53. The van der Waals surface area contributed by atoms with E-state index in [0.717, 1.165) is 5.56 Å². The molecule has 1 aromatic carbocycles. The molecule has 74 valence electrons. The van der Waals surface area contributed by atoms with Gasteiger partial charge in [0, 0.05) is 10.7 Å². The maximum absolute atomic E-state index is 9.10. The molecule has 1 rings (SSSR count). The number of nitrogens with zero attached hydrogens (tertiary/aromatic N) is 1. The van der Waals surface area contributed by atoms with Gasteiger partial charge in [0.05, 0.1) is 11.5 Å². The van der Waals surface area contributed by atoms with Crippen molar-refractivity contribution in [2.75, 3.05) is 5.73 Å². The first kappa shape index (κ1) is 10.9. The number of halogens is 1. The number of anilines is 1. The molecule has 0 amide bonds. The van der Waals surface area contributed by atoms with Crippen LogP contribution in [0.3, 0.4) is 0 Å². The van der Waals surface area contributed by atoms with E-state index in [4.69, 9.17) is 22.6 Å². The van der Waals surface area contributed by atoms with Crippen LogP contribution in [0.5, 0.6) is 0 Å². The number of nitrogens with two attached hydrogens (primary N) is 1.